The SMILES string of the molecule is [NH4+].[NH4+].[NH4+].[NH4+].[NH4+].[NH4+].[O]=[Mo](=[O])([O-])[O][Mo](=[O])(=[O])[O-].[O]=[Mo](=[O])([O-])[O][Mo](=[O])(=[O])[O-].[O]=[Mo](=[O])([O-])[O][Mo](=[O])(=[O])[O-].[O]=[Mo](=[O])=[O]. The van der Waals surface area contributed by atoms with Gasteiger partial charge in [0.1, 0.15) is 0 Å². The maximum absolute atomic E-state index is 9.42. The van der Waals surface area contributed by atoms with Gasteiger partial charge < -0.3 is 36.9 Å². The molecule has 0 heterocycles. The van der Waals surface area contributed by atoms with Gasteiger partial charge in [-0.2, -0.15) is 0 Å². The van der Waals surface area contributed by atoms with Crippen LogP contribution in [0.4, 0.5) is 0 Å². The zero-order chi connectivity index (χ0) is 26.7. The third kappa shape index (κ3) is 125. The molecule has 0 aliphatic carbocycles. The molecule has 0 unspecified atom stereocenters. The van der Waals surface area contributed by atoms with Crippen molar-refractivity contribution in [3.63, 3.8) is 0 Å². The van der Waals surface area contributed by atoms with E-state index in [0.29, 0.717) is 0 Å². The molecule has 0 aromatic rings. The first-order valence-corrected chi connectivity index (χ1v) is 26.6. The first kappa shape index (κ1) is 66.5. The standard InChI is InChI=1S/7Mo.6H3N.24O/h;;;;;;;6*1H3;;;;;;;;;;;;;;;;;;;;;;;;/q;;;;;;;;;;;;;;;;;;;;;;;;;;;;;;;6*-1/p+6. The summed E-state index contributed by atoms with van der Waals surface area (Å²) in [7, 11) is 0. The van der Waals surface area contributed by atoms with Crippen molar-refractivity contribution in [3.05, 3.63) is 0 Å². The average molecular weight is 1160 g/mol. The Labute approximate surface area is 231 Å². The van der Waals surface area contributed by atoms with Crippen LogP contribution in [-0.2, 0) is 175 Å². The zero-order valence-electron chi connectivity index (χ0n) is 18.7. The molecule has 240 valence electrons. The van der Waals surface area contributed by atoms with Crippen LogP contribution in [0.15, 0.2) is 0 Å². The summed E-state index contributed by atoms with van der Waals surface area (Å²) in [5.74, 6) is 0. The van der Waals surface area contributed by atoms with Gasteiger partial charge in [-0.15, -0.1) is 0 Å². The molecule has 0 rings (SSSR count). The summed E-state index contributed by atoms with van der Waals surface area (Å²) in [4.78, 5) is 0. The van der Waals surface area contributed by atoms with E-state index in [9.17, 15) is 63.3 Å². The van der Waals surface area contributed by atoms with E-state index in [-0.39, 0.29) is 36.9 Å². The minimum atomic E-state index is -6.37. The van der Waals surface area contributed by atoms with Gasteiger partial charge >= 0.3 is 197 Å². The van der Waals surface area contributed by atoms with Gasteiger partial charge in [0.05, 0.1) is 0 Å². The Morgan fingerprint density at radius 2 is 0.378 bits per heavy atom. The van der Waals surface area contributed by atoms with E-state index in [2.05, 4.69) is 6.13 Å². The summed E-state index contributed by atoms with van der Waals surface area (Å²) in [5, 5.41) is 0. The van der Waals surface area contributed by atoms with Crippen LogP contribution in [0.25, 0.3) is 0 Å². The van der Waals surface area contributed by atoms with Gasteiger partial charge in [-0.05, 0) is 0 Å². The predicted octanol–water partition coefficient (Wildman–Crippen LogP) is -6.88. The zero-order valence-corrected chi connectivity index (χ0v) is 32.7. The Morgan fingerprint density at radius 3 is 0.378 bits per heavy atom. The second-order valence-corrected chi connectivity index (χ2v) is 22.8. The molecule has 37 heavy (non-hydrogen) atoms. The van der Waals surface area contributed by atoms with E-state index in [4.69, 9.17) is 10.2 Å². The van der Waals surface area contributed by atoms with Crippen molar-refractivity contribution < 1.29 is 197 Å². The molecule has 0 atom stereocenters. The van der Waals surface area contributed by atoms with Gasteiger partial charge in [0, 0.05) is 0 Å². The summed E-state index contributed by atoms with van der Waals surface area (Å²) in [5.41, 5.74) is 0. The number of quaternary nitrogens is 6. The fourth-order valence-electron chi connectivity index (χ4n) is 0.306. The van der Waals surface area contributed by atoms with Gasteiger partial charge in [-0.25, -0.2) is 0 Å². The van der Waals surface area contributed by atoms with Crippen molar-refractivity contribution in [2.75, 3.05) is 0 Å². The van der Waals surface area contributed by atoms with Crippen molar-refractivity contribution in [2.24, 2.45) is 0 Å². The van der Waals surface area contributed by atoms with Gasteiger partial charge in [-0.1, -0.05) is 0 Å². The molecule has 37 heteroatoms. The van der Waals surface area contributed by atoms with E-state index < -0.39 is 118 Å². The quantitative estimate of drug-likeness (QED) is 0.135. The van der Waals surface area contributed by atoms with Crippen molar-refractivity contribution in [1.82, 2.24) is 36.9 Å². The molecular weight excluding hydrogens is 1140 g/mol. The number of rotatable bonds is 6. The number of hydrogen-bond acceptors (Lipinski definition) is 24. The van der Waals surface area contributed by atoms with Crippen LogP contribution in [0.1, 0.15) is 0 Å². The summed E-state index contributed by atoms with van der Waals surface area (Å²) in [6, 6.07) is 0. The minimum absolute atomic E-state index is 0. The normalized spacial score (nSPS) is 10.5. The van der Waals surface area contributed by atoms with E-state index in [1.54, 1.807) is 0 Å². The molecule has 0 bridgehead atoms. The summed E-state index contributed by atoms with van der Waals surface area (Å²) >= 11 is -42.3. The third-order valence-electron chi connectivity index (χ3n) is 0.500. The van der Waals surface area contributed by atoms with Crippen LogP contribution < -0.4 is 59.5 Å². The van der Waals surface area contributed by atoms with E-state index in [0.717, 1.165) is 0 Å². The molecule has 0 aliphatic rings. The Kier molecular flexibility index (Phi) is 47.0. The van der Waals surface area contributed by atoms with Gasteiger partial charge in [0.2, 0.25) is 0 Å². The molecule has 30 nitrogen and oxygen atoms in total. The summed E-state index contributed by atoms with van der Waals surface area (Å²) in [6.45, 7) is 0. The average Bonchev–Trinajstić information content (AvgIpc) is 2.10. The molecule has 0 aromatic heterocycles. The Morgan fingerprint density at radius 1 is 0.324 bits per heavy atom. The van der Waals surface area contributed by atoms with Gasteiger partial charge in [0.15, 0.2) is 0 Å². The van der Waals surface area contributed by atoms with E-state index in [1.807, 2.05) is 0 Å². The van der Waals surface area contributed by atoms with Crippen LogP contribution in [0.3, 0.4) is 0 Å². The molecule has 24 N–H and O–H groups in total. The van der Waals surface area contributed by atoms with Crippen LogP contribution in [-0.4, -0.2) is 0 Å². The second-order valence-electron chi connectivity index (χ2n) is 2.86. The Balaban J connectivity index is -0.0000000320. The Hall–Kier alpha value is 1.22. The second kappa shape index (κ2) is 26.1. The molecule has 0 aliphatic heterocycles. The predicted molar refractivity (Wildman–Crippen MR) is 49.5 cm³/mol. The third-order valence-corrected chi connectivity index (χ3v) is 17.5. The fraction of sp³-hybridized carbons (Fsp3) is 0. The molecule has 0 saturated heterocycles. The van der Waals surface area contributed by atoms with Crippen molar-refractivity contribution in [3.8, 4) is 0 Å². The Bertz CT molecular complexity index is 1070. The van der Waals surface area contributed by atoms with Crippen LogP contribution in [0.5, 0.6) is 0 Å². The molecule has 0 spiro atoms. The first-order chi connectivity index (χ1) is 12.9. The summed E-state index contributed by atoms with van der Waals surface area (Å²) in [6.07, 6.45) is 0. The van der Waals surface area contributed by atoms with E-state index >= 15 is 0 Å². The molecule has 0 aromatic carbocycles. The summed E-state index contributed by atoms with van der Waals surface area (Å²) < 4.78 is 203. The molecule has 0 fully saturated rings. The topological polar surface area (TPSA) is 641 Å². The molecule has 0 saturated carbocycles. The van der Waals surface area contributed by atoms with Crippen LogP contribution in [0.2, 0.25) is 0 Å². The monoisotopic (exact) mass is 1180 g/mol. The number of hydrogen-bond donors (Lipinski definition) is 6. The maximum atomic E-state index is 9.42. The van der Waals surface area contributed by atoms with Crippen molar-refractivity contribution in [1.29, 1.82) is 0 Å². The van der Waals surface area contributed by atoms with Crippen LogP contribution in [0, 0.1) is 0 Å². The molecule has 0 amide bonds. The van der Waals surface area contributed by atoms with Crippen molar-refractivity contribution in [2.45, 2.75) is 0 Å². The first-order valence-electron chi connectivity index (χ1n) is 4.50. The van der Waals surface area contributed by atoms with Crippen molar-refractivity contribution >= 4 is 0 Å². The van der Waals surface area contributed by atoms with Crippen LogP contribution >= 0.6 is 0 Å². The molecular formula is H24Mo7N6O24. The molecule has 0 radical (unpaired) electrons. The van der Waals surface area contributed by atoms with E-state index in [1.165, 1.54) is 0 Å². The van der Waals surface area contributed by atoms with Gasteiger partial charge in [-0.3, -0.25) is 0 Å². The van der Waals surface area contributed by atoms with Gasteiger partial charge in [0.25, 0.3) is 0 Å². The fourth-order valence-corrected chi connectivity index (χ4v) is 10.7.